The Hall–Kier alpha value is -2.83. The highest BCUT2D eigenvalue weighted by Gasteiger charge is 2.21. The molecule has 7 nitrogen and oxygen atoms in total. The minimum atomic E-state index is -0.269. The lowest BCUT2D eigenvalue weighted by molar-refractivity contribution is 0.101. The summed E-state index contributed by atoms with van der Waals surface area (Å²) in [4.78, 5) is 23.3. The lowest BCUT2D eigenvalue weighted by Crippen LogP contribution is -2.21. The first-order valence-corrected chi connectivity index (χ1v) is 8.08. The fraction of sp³-hybridized carbons (Fsp3) is 0.353. The molecule has 0 atom stereocenters. The van der Waals surface area contributed by atoms with E-state index in [0.29, 0.717) is 41.9 Å². The summed E-state index contributed by atoms with van der Waals surface area (Å²) in [6.07, 6.45) is 5.60. The van der Waals surface area contributed by atoms with Crippen LogP contribution in [-0.2, 0) is 0 Å². The number of carbonyl (C=O) groups excluding carboxylic acids is 1. The van der Waals surface area contributed by atoms with Crippen LogP contribution in [0.4, 0.5) is 11.6 Å². The summed E-state index contributed by atoms with van der Waals surface area (Å²) in [5, 5.41) is 2.81. The molecule has 1 amide bonds. The second-order valence-electron chi connectivity index (χ2n) is 5.75. The van der Waals surface area contributed by atoms with Crippen molar-refractivity contribution < 1.29 is 14.3 Å². The molecule has 1 saturated heterocycles. The molecule has 4 rings (SSSR count). The van der Waals surface area contributed by atoms with Gasteiger partial charge in [-0.3, -0.25) is 4.79 Å². The molecule has 7 heteroatoms. The maximum absolute atomic E-state index is 12.5. The predicted molar refractivity (Wildman–Crippen MR) is 88.9 cm³/mol. The number of nitrogens with zero attached hydrogens (tertiary/aromatic N) is 3. The molecule has 1 N–H and O–H groups in total. The Morgan fingerprint density at radius 1 is 1.08 bits per heavy atom. The summed E-state index contributed by atoms with van der Waals surface area (Å²) in [6, 6.07) is 5.27. The number of anilines is 2. The minimum Gasteiger partial charge on any atom is -0.486 e. The Bertz CT molecular complexity index is 742. The molecule has 0 aliphatic carbocycles. The first-order valence-electron chi connectivity index (χ1n) is 8.08. The van der Waals surface area contributed by atoms with Crippen LogP contribution in [0.15, 0.2) is 30.6 Å². The number of nitrogens with one attached hydrogen (secondary N) is 1. The molecule has 3 heterocycles. The summed E-state index contributed by atoms with van der Waals surface area (Å²) in [5.41, 5.74) is 0.994. The fourth-order valence-corrected chi connectivity index (χ4v) is 2.92. The molecular weight excluding hydrogens is 308 g/mol. The van der Waals surface area contributed by atoms with Gasteiger partial charge in [-0.1, -0.05) is 6.07 Å². The first-order chi connectivity index (χ1) is 11.8. The molecule has 124 valence electrons. The van der Waals surface area contributed by atoms with Crippen LogP contribution in [0.1, 0.15) is 23.2 Å². The van der Waals surface area contributed by atoms with E-state index in [2.05, 4.69) is 20.2 Å². The number of hydrogen-bond donors (Lipinski definition) is 1. The van der Waals surface area contributed by atoms with Gasteiger partial charge in [0.2, 0.25) is 5.95 Å². The summed E-state index contributed by atoms with van der Waals surface area (Å²) < 4.78 is 11.1. The van der Waals surface area contributed by atoms with Crippen LogP contribution in [0.2, 0.25) is 0 Å². The Morgan fingerprint density at radius 3 is 2.62 bits per heavy atom. The maximum Gasteiger partial charge on any atom is 0.259 e. The molecule has 1 fully saturated rings. The Balaban J connectivity index is 1.50. The number of rotatable bonds is 3. The topological polar surface area (TPSA) is 76.6 Å². The minimum absolute atomic E-state index is 0.269. The SMILES string of the molecule is O=C(Nc1cnc(N2CCCC2)nc1)c1cccc2c1OCCO2. The quantitative estimate of drug-likeness (QED) is 0.931. The highest BCUT2D eigenvalue weighted by molar-refractivity contribution is 6.06. The monoisotopic (exact) mass is 326 g/mol. The van der Waals surface area contributed by atoms with E-state index in [1.807, 2.05) is 0 Å². The van der Waals surface area contributed by atoms with Gasteiger partial charge in [0.25, 0.3) is 5.91 Å². The number of ether oxygens (including phenoxy) is 2. The lowest BCUT2D eigenvalue weighted by Gasteiger charge is -2.20. The van der Waals surface area contributed by atoms with Crippen LogP contribution in [0, 0.1) is 0 Å². The fourth-order valence-electron chi connectivity index (χ4n) is 2.92. The normalized spacial score (nSPS) is 16.1. The Labute approximate surface area is 139 Å². The zero-order chi connectivity index (χ0) is 16.4. The van der Waals surface area contributed by atoms with Gasteiger partial charge in [-0.15, -0.1) is 0 Å². The third-order valence-corrected chi connectivity index (χ3v) is 4.10. The molecular formula is C17H18N4O3. The van der Waals surface area contributed by atoms with E-state index in [4.69, 9.17) is 9.47 Å². The number of para-hydroxylation sites is 1. The van der Waals surface area contributed by atoms with E-state index in [9.17, 15) is 4.79 Å². The number of benzene rings is 1. The number of fused-ring (bicyclic) bond motifs is 1. The van der Waals surface area contributed by atoms with Gasteiger partial charge in [-0.05, 0) is 25.0 Å². The van der Waals surface area contributed by atoms with Crippen LogP contribution in [-0.4, -0.2) is 42.2 Å². The molecule has 0 spiro atoms. The summed E-state index contributed by atoms with van der Waals surface area (Å²) in [7, 11) is 0. The summed E-state index contributed by atoms with van der Waals surface area (Å²) in [5.74, 6) is 1.51. The second kappa shape index (κ2) is 6.35. The number of hydrogen-bond acceptors (Lipinski definition) is 6. The van der Waals surface area contributed by atoms with Gasteiger partial charge in [0, 0.05) is 13.1 Å². The lowest BCUT2D eigenvalue weighted by atomic mass is 10.1. The van der Waals surface area contributed by atoms with Crippen molar-refractivity contribution in [3.05, 3.63) is 36.2 Å². The van der Waals surface area contributed by atoms with Crippen molar-refractivity contribution >= 4 is 17.5 Å². The van der Waals surface area contributed by atoms with Crippen molar-refractivity contribution in [3.8, 4) is 11.5 Å². The van der Waals surface area contributed by atoms with Gasteiger partial charge < -0.3 is 19.7 Å². The number of carbonyl (C=O) groups is 1. The number of amides is 1. The Kier molecular flexibility index (Phi) is 3.90. The summed E-state index contributed by atoms with van der Waals surface area (Å²) >= 11 is 0. The van der Waals surface area contributed by atoms with E-state index in [1.54, 1.807) is 30.6 Å². The molecule has 0 unspecified atom stereocenters. The van der Waals surface area contributed by atoms with E-state index >= 15 is 0 Å². The van der Waals surface area contributed by atoms with E-state index in [-0.39, 0.29) is 5.91 Å². The van der Waals surface area contributed by atoms with E-state index in [0.717, 1.165) is 13.1 Å². The molecule has 0 saturated carbocycles. The van der Waals surface area contributed by atoms with Crippen molar-refractivity contribution in [2.75, 3.05) is 36.5 Å². The third-order valence-electron chi connectivity index (χ3n) is 4.10. The average Bonchev–Trinajstić information content (AvgIpc) is 3.16. The summed E-state index contributed by atoms with van der Waals surface area (Å²) in [6.45, 7) is 2.90. The average molecular weight is 326 g/mol. The molecule has 1 aromatic carbocycles. The van der Waals surface area contributed by atoms with Crippen LogP contribution in [0.3, 0.4) is 0 Å². The van der Waals surface area contributed by atoms with Crippen molar-refractivity contribution in [2.45, 2.75) is 12.8 Å². The van der Waals surface area contributed by atoms with Crippen LogP contribution >= 0.6 is 0 Å². The van der Waals surface area contributed by atoms with Crippen LogP contribution in [0.25, 0.3) is 0 Å². The van der Waals surface area contributed by atoms with Gasteiger partial charge in [-0.25, -0.2) is 9.97 Å². The first kappa shape index (κ1) is 14.7. The largest absolute Gasteiger partial charge is 0.486 e. The van der Waals surface area contributed by atoms with Crippen LogP contribution in [0.5, 0.6) is 11.5 Å². The van der Waals surface area contributed by atoms with E-state index in [1.165, 1.54) is 12.8 Å². The van der Waals surface area contributed by atoms with E-state index < -0.39 is 0 Å². The zero-order valence-electron chi connectivity index (χ0n) is 13.2. The maximum atomic E-state index is 12.5. The van der Waals surface area contributed by atoms with Gasteiger partial charge >= 0.3 is 0 Å². The van der Waals surface area contributed by atoms with Crippen molar-refractivity contribution in [3.63, 3.8) is 0 Å². The van der Waals surface area contributed by atoms with Crippen LogP contribution < -0.4 is 19.7 Å². The molecule has 24 heavy (non-hydrogen) atoms. The molecule has 1 aromatic heterocycles. The predicted octanol–water partition coefficient (Wildman–Crippen LogP) is 2.10. The van der Waals surface area contributed by atoms with Gasteiger partial charge in [0.05, 0.1) is 23.6 Å². The number of aromatic nitrogens is 2. The van der Waals surface area contributed by atoms with Crippen molar-refractivity contribution in [2.24, 2.45) is 0 Å². The molecule has 2 aliphatic heterocycles. The molecule has 2 aromatic rings. The second-order valence-corrected chi connectivity index (χ2v) is 5.75. The zero-order valence-corrected chi connectivity index (χ0v) is 13.2. The van der Waals surface area contributed by atoms with Gasteiger partial charge in [-0.2, -0.15) is 0 Å². The van der Waals surface area contributed by atoms with Gasteiger partial charge in [0.15, 0.2) is 11.5 Å². The standard InChI is InChI=1S/C17H18N4O3/c22-16(13-4-3-5-14-15(13)24-9-8-23-14)20-12-10-18-17(19-11-12)21-6-1-2-7-21/h3-5,10-11H,1-2,6-9H2,(H,20,22). The van der Waals surface area contributed by atoms with Crippen molar-refractivity contribution in [1.82, 2.24) is 9.97 Å². The Morgan fingerprint density at radius 2 is 1.83 bits per heavy atom. The highest BCUT2D eigenvalue weighted by atomic mass is 16.6. The molecule has 2 aliphatic rings. The van der Waals surface area contributed by atoms with Crippen molar-refractivity contribution in [1.29, 1.82) is 0 Å². The molecule has 0 bridgehead atoms. The molecule has 0 radical (unpaired) electrons. The third kappa shape index (κ3) is 2.84. The van der Waals surface area contributed by atoms with Gasteiger partial charge in [0.1, 0.15) is 13.2 Å². The highest BCUT2D eigenvalue weighted by Crippen LogP contribution is 2.33. The smallest absolute Gasteiger partial charge is 0.259 e.